The first-order valence-electron chi connectivity index (χ1n) is 3.10. The van der Waals surface area contributed by atoms with Gasteiger partial charge in [-0.05, 0) is 24.3 Å². The maximum atomic E-state index is 10.4. The molecule has 3 heteroatoms. The topological polar surface area (TPSA) is 49.7 Å². The van der Waals surface area contributed by atoms with Crippen molar-refractivity contribution in [1.29, 1.82) is 0 Å². The van der Waals surface area contributed by atoms with Crippen molar-refractivity contribution >= 4 is 12.2 Å². The Bertz CT molecular complexity index is 272. The molecule has 0 bridgehead atoms. The van der Waals surface area contributed by atoms with Gasteiger partial charge in [-0.25, -0.2) is 4.79 Å². The van der Waals surface area contributed by atoms with E-state index >= 15 is 0 Å². The molecule has 56 valence electrons. The van der Waals surface area contributed by atoms with Gasteiger partial charge in [0.2, 0.25) is 0 Å². The lowest BCUT2D eigenvalue weighted by Gasteiger charge is -1.91. The van der Waals surface area contributed by atoms with Crippen molar-refractivity contribution in [2.24, 2.45) is 4.99 Å². The second-order valence-corrected chi connectivity index (χ2v) is 1.93. The first kappa shape index (κ1) is 7.47. The second-order valence-electron chi connectivity index (χ2n) is 1.93. The smallest absolute Gasteiger partial charge is 0.335 e. The standard InChI is InChI=1S/C8H7NO2/c10-8(11)7-3-1-5-9-6-2-4-7/h1-6H,(H,10,11)/b3-1?,4-2?,5-1-,6-2?,7-3?,7-4?,9-5?,9-6?. The number of carbonyl (C=O) groups is 1. The van der Waals surface area contributed by atoms with Gasteiger partial charge in [-0.2, -0.15) is 0 Å². The van der Waals surface area contributed by atoms with Crippen LogP contribution >= 0.6 is 0 Å². The van der Waals surface area contributed by atoms with Crippen molar-refractivity contribution in [3.05, 3.63) is 36.1 Å². The average Bonchev–Trinajstić information content (AvgIpc) is 1.84. The van der Waals surface area contributed by atoms with E-state index in [1.807, 2.05) is 0 Å². The van der Waals surface area contributed by atoms with E-state index in [2.05, 4.69) is 4.99 Å². The number of rotatable bonds is 1. The van der Waals surface area contributed by atoms with Gasteiger partial charge in [0.25, 0.3) is 0 Å². The van der Waals surface area contributed by atoms with Crippen molar-refractivity contribution < 1.29 is 9.90 Å². The lowest BCUT2D eigenvalue weighted by Crippen LogP contribution is -1.97. The van der Waals surface area contributed by atoms with E-state index in [-0.39, 0.29) is 5.57 Å². The second kappa shape index (κ2) is 3.51. The van der Waals surface area contributed by atoms with Crippen LogP contribution in [0.4, 0.5) is 0 Å². The molecule has 0 aromatic heterocycles. The molecule has 0 saturated carbocycles. The predicted molar refractivity (Wildman–Crippen MR) is 42.5 cm³/mol. The molecule has 0 radical (unpaired) electrons. The van der Waals surface area contributed by atoms with Crippen molar-refractivity contribution in [1.82, 2.24) is 0 Å². The molecule has 1 rings (SSSR count). The molecular weight excluding hydrogens is 142 g/mol. The van der Waals surface area contributed by atoms with Gasteiger partial charge in [-0.15, -0.1) is 0 Å². The molecule has 0 atom stereocenters. The van der Waals surface area contributed by atoms with E-state index in [1.165, 1.54) is 24.6 Å². The molecule has 11 heavy (non-hydrogen) atoms. The lowest BCUT2D eigenvalue weighted by atomic mass is 10.2. The number of hydrogen-bond donors (Lipinski definition) is 1. The summed E-state index contributed by atoms with van der Waals surface area (Å²) in [6.45, 7) is 0. The Kier molecular flexibility index (Phi) is 2.38. The largest absolute Gasteiger partial charge is 0.478 e. The van der Waals surface area contributed by atoms with Crippen LogP contribution < -0.4 is 0 Å². The maximum absolute atomic E-state index is 10.4. The zero-order valence-corrected chi connectivity index (χ0v) is 5.77. The van der Waals surface area contributed by atoms with E-state index in [9.17, 15) is 4.79 Å². The summed E-state index contributed by atoms with van der Waals surface area (Å²) in [5, 5.41) is 8.56. The van der Waals surface area contributed by atoms with Gasteiger partial charge in [-0.3, -0.25) is 4.99 Å². The third kappa shape index (κ3) is 2.21. The fraction of sp³-hybridized carbons (Fsp3) is 0. The molecular formula is C8H7NO2. The summed E-state index contributed by atoms with van der Waals surface area (Å²) in [4.78, 5) is 14.2. The van der Waals surface area contributed by atoms with Crippen LogP contribution in [0.25, 0.3) is 0 Å². The third-order valence-corrected chi connectivity index (χ3v) is 1.14. The van der Waals surface area contributed by atoms with Crippen LogP contribution in [-0.4, -0.2) is 17.3 Å². The zero-order valence-electron chi connectivity index (χ0n) is 5.77. The molecule has 0 amide bonds. The first-order chi connectivity index (χ1) is 5.30. The van der Waals surface area contributed by atoms with E-state index in [4.69, 9.17) is 5.11 Å². The van der Waals surface area contributed by atoms with Crippen LogP contribution in [0, 0.1) is 0 Å². The van der Waals surface area contributed by atoms with Gasteiger partial charge < -0.3 is 5.11 Å². The molecule has 0 aromatic carbocycles. The van der Waals surface area contributed by atoms with Crippen LogP contribution in [0.15, 0.2) is 41.1 Å². The highest BCUT2D eigenvalue weighted by Crippen LogP contribution is 1.99. The number of allylic oxidation sites excluding steroid dienone is 3. The summed E-state index contributed by atoms with van der Waals surface area (Å²) >= 11 is 0. The Morgan fingerprint density at radius 2 is 2.27 bits per heavy atom. The first-order valence-corrected chi connectivity index (χ1v) is 3.10. The van der Waals surface area contributed by atoms with Gasteiger partial charge in [0.15, 0.2) is 0 Å². The molecule has 0 saturated heterocycles. The van der Waals surface area contributed by atoms with E-state index in [1.54, 1.807) is 12.2 Å². The SMILES string of the molecule is O=C(O)C1=C/C=C\N=CC=C1. The van der Waals surface area contributed by atoms with Crippen molar-refractivity contribution in [2.45, 2.75) is 0 Å². The van der Waals surface area contributed by atoms with Crippen molar-refractivity contribution in [3.8, 4) is 0 Å². The fourth-order valence-electron chi connectivity index (χ4n) is 0.641. The van der Waals surface area contributed by atoms with E-state index < -0.39 is 5.97 Å². The number of carboxylic acid groups (broad SMARTS) is 1. The molecule has 1 aliphatic heterocycles. The number of aliphatic carboxylic acids is 1. The van der Waals surface area contributed by atoms with Gasteiger partial charge in [-0.1, -0.05) is 0 Å². The summed E-state index contributed by atoms with van der Waals surface area (Å²) in [5.41, 5.74) is 0.257. The molecule has 1 aliphatic rings. The quantitative estimate of drug-likeness (QED) is 0.608. The molecule has 0 aromatic rings. The minimum Gasteiger partial charge on any atom is -0.478 e. The highest BCUT2D eigenvalue weighted by Gasteiger charge is 1.99. The Labute approximate surface area is 64.1 Å². The Balaban J connectivity index is 2.87. The predicted octanol–water partition coefficient (Wildman–Crippen LogP) is 1.15. The average molecular weight is 149 g/mol. The summed E-state index contributed by atoms with van der Waals surface area (Å²) in [6, 6.07) is 0. The molecule has 3 nitrogen and oxygen atoms in total. The molecule has 0 fully saturated rings. The van der Waals surface area contributed by atoms with Gasteiger partial charge >= 0.3 is 5.97 Å². The fourth-order valence-corrected chi connectivity index (χ4v) is 0.641. The van der Waals surface area contributed by atoms with E-state index in [0.29, 0.717) is 0 Å². The summed E-state index contributed by atoms with van der Waals surface area (Å²) in [6.07, 6.45) is 9.23. The normalized spacial score (nSPS) is 18.4. The molecule has 1 N–H and O–H groups in total. The minimum absolute atomic E-state index is 0.257. The van der Waals surface area contributed by atoms with Crippen LogP contribution in [0.1, 0.15) is 0 Å². The van der Waals surface area contributed by atoms with Crippen LogP contribution in [0.5, 0.6) is 0 Å². The maximum Gasteiger partial charge on any atom is 0.335 e. The lowest BCUT2D eigenvalue weighted by molar-refractivity contribution is -0.132. The zero-order chi connectivity index (χ0) is 8.10. The minimum atomic E-state index is -0.929. The van der Waals surface area contributed by atoms with Crippen LogP contribution in [-0.2, 0) is 4.79 Å². The van der Waals surface area contributed by atoms with E-state index in [0.717, 1.165) is 0 Å². The molecule has 1 heterocycles. The summed E-state index contributed by atoms with van der Waals surface area (Å²) < 4.78 is 0. The van der Waals surface area contributed by atoms with Gasteiger partial charge in [0, 0.05) is 12.4 Å². The number of hydrogen-bond acceptors (Lipinski definition) is 2. The Morgan fingerprint density at radius 3 is 3.00 bits per heavy atom. The van der Waals surface area contributed by atoms with Gasteiger partial charge in [0.05, 0.1) is 5.57 Å². The highest BCUT2D eigenvalue weighted by molar-refractivity contribution is 5.91. The molecule has 0 aliphatic carbocycles. The summed E-state index contributed by atoms with van der Waals surface area (Å²) in [5.74, 6) is -0.929. The van der Waals surface area contributed by atoms with Crippen LogP contribution in [0.2, 0.25) is 0 Å². The van der Waals surface area contributed by atoms with Gasteiger partial charge in [0.1, 0.15) is 0 Å². The monoisotopic (exact) mass is 149 g/mol. The number of nitrogens with zero attached hydrogens (tertiary/aromatic N) is 1. The number of carboxylic acids is 1. The number of aliphatic imine (C=N–C) groups is 1. The van der Waals surface area contributed by atoms with Crippen LogP contribution in [0.3, 0.4) is 0 Å². The Morgan fingerprint density at radius 1 is 1.45 bits per heavy atom. The highest BCUT2D eigenvalue weighted by atomic mass is 16.4. The van der Waals surface area contributed by atoms with Crippen molar-refractivity contribution in [3.63, 3.8) is 0 Å². The molecule has 0 spiro atoms. The van der Waals surface area contributed by atoms with Crippen molar-refractivity contribution in [2.75, 3.05) is 0 Å². The molecule has 0 unspecified atom stereocenters. The Hall–Kier alpha value is -1.64. The third-order valence-electron chi connectivity index (χ3n) is 1.14. The summed E-state index contributed by atoms with van der Waals surface area (Å²) in [7, 11) is 0.